The highest BCUT2D eigenvalue weighted by atomic mass is 32.2. The minimum atomic E-state index is -1.19. The molecule has 34 heavy (non-hydrogen) atoms. The van der Waals surface area contributed by atoms with Crippen LogP contribution in [0.15, 0.2) is 35.4 Å². The van der Waals surface area contributed by atoms with Crippen LogP contribution in [0.25, 0.3) is 0 Å². The highest BCUT2D eigenvalue weighted by Gasteiger charge is 2.44. The Balaban J connectivity index is 1.37. The topological polar surface area (TPSA) is 99.6 Å². The van der Waals surface area contributed by atoms with Gasteiger partial charge >= 0.3 is 0 Å². The van der Waals surface area contributed by atoms with Gasteiger partial charge in [-0.25, -0.2) is 14.7 Å². The van der Waals surface area contributed by atoms with Crippen LogP contribution < -0.4 is 14.9 Å². The number of hydrogen-bond acceptors (Lipinski definition) is 8. The Hall–Kier alpha value is -2.20. The first kappa shape index (κ1) is 23.5. The maximum absolute atomic E-state index is 13.4. The van der Waals surface area contributed by atoms with Crippen LogP contribution in [0, 0.1) is 5.41 Å². The van der Waals surface area contributed by atoms with Crippen molar-refractivity contribution < 1.29 is 14.6 Å². The van der Waals surface area contributed by atoms with E-state index in [1.165, 1.54) is 25.7 Å². The molecule has 2 saturated heterocycles. The second-order valence-corrected chi connectivity index (χ2v) is 11.6. The molecule has 8 nitrogen and oxygen atoms in total. The van der Waals surface area contributed by atoms with Crippen molar-refractivity contribution in [1.82, 2.24) is 14.7 Å². The predicted octanol–water partition coefficient (Wildman–Crippen LogP) is 3.72. The highest BCUT2D eigenvalue weighted by Crippen LogP contribution is 2.54. The number of piperidine rings is 1. The molecule has 3 heterocycles. The zero-order valence-electron chi connectivity index (χ0n) is 20.1. The van der Waals surface area contributed by atoms with E-state index >= 15 is 0 Å². The van der Waals surface area contributed by atoms with Crippen LogP contribution in [0.3, 0.4) is 0 Å². The average molecular weight is 484 g/mol. The molecule has 182 valence electrons. The van der Waals surface area contributed by atoms with Crippen molar-refractivity contribution in [3.05, 3.63) is 41.9 Å². The summed E-state index contributed by atoms with van der Waals surface area (Å²) in [6.07, 6.45) is 6.59. The van der Waals surface area contributed by atoms with Crippen LogP contribution in [0.2, 0.25) is 0 Å². The van der Waals surface area contributed by atoms with Gasteiger partial charge in [-0.2, -0.15) is 0 Å². The highest BCUT2D eigenvalue weighted by molar-refractivity contribution is 7.97. The molecule has 2 aliphatic heterocycles. The maximum atomic E-state index is 13.4. The molecule has 2 aromatic rings. The van der Waals surface area contributed by atoms with Crippen molar-refractivity contribution in [3.8, 4) is 0 Å². The van der Waals surface area contributed by atoms with E-state index in [2.05, 4.69) is 37.9 Å². The standard InChI is InChI=1S/C25H33N5O3S/c1-23(2,32)22-26-11-6-20(28-22)27-21(31)18-5-4-17(34-29-24(3)15-33-16-24)14-19(18)30-12-9-25(7-8-25)10-13-30/h4-6,11,14,29,32H,7-10,12-13,15-16H2,1-3H3,(H,26,27,28,31). The Kier molecular flexibility index (Phi) is 6.08. The average Bonchev–Trinajstić information content (AvgIpc) is 3.55. The quantitative estimate of drug-likeness (QED) is 0.513. The molecule has 0 bridgehead atoms. The lowest BCUT2D eigenvalue weighted by molar-refractivity contribution is -0.0510. The van der Waals surface area contributed by atoms with E-state index in [1.54, 1.807) is 38.1 Å². The molecule has 1 aliphatic carbocycles. The number of nitrogens with zero attached hydrogens (tertiary/aromatic N) is 3. The summed E-state index contributed by atoms with van der Waals surface area (Å²) in [4.78, 5) is 25.2. The van der Waals surface area contributed by atoms with Gasteiger partial charge in [0.05, 0.1) is 30.0 Å². The summed E-state index contributed by atoms with van der Waals surface area (Å²) in [6.45, 7) is 8.72. The number of carbonyl (C=O) groups is 1. The lowest BCUT2D eigenvalue weighted by Crippen LogP contribution is -2.55. The van der Waals surface area contributed by atoms with Gasteiger partial charge in [0.15, 0.2) is 5.82 Å². The molecule has 9 heteroatoms. The van der Waals surface area contributed by atoms with E-state index in [1.807, 2.05) is 12.1 Å². The number of aromatic nitrogens is 2. The van der Waals surface area contributed by atoms with Crippen LogP contribution in [0.1, 0.15) is 62.6 Å². The summed E-state index contributed by atoms with van der Waals surface area (Å²) in [5, 5.41) is 13.1. The molecule has 3 N–H and O–H groups in total. The van der Waals surface area contributed by atoms with Gasteiger partial charge in [0.2, 0.25) is 0 Å². The van der Waals surface area contributed by atoms with E-state index in [4.69, 9.17) is 4.74 Å². The first-order valence-corrected chi connectivity index (χ1v) is 12.7. The molecule has 3 aliphatic rings. The summed E-state index contributed by atoms with van der Waals surface area (Å²) >= 11 is 1.59. The van der Waals surface area contributed by atoms with E-state index < -0.39 is 5.60 Å². The van der Waals surface area contributed by atoms with Crippen LogP contribution in [0.5, 0.6) is 0 Å². The Bertz CT molecular complexity index is 1070. The Labute approximate surface area is 205 Å². The maximum Gasteiger partial charge on any atom is 0.258 e. The molecular weight excluding hydrogens is 450 g/mol. The summed E-state index contributed by atoms with van der Waals surface area (Å²) < 4.78 is 8.85. The number of aliphatic hydroxyl groups is 1. The van der Waals surface area contributed by atoms with E-state index in [0.29, 0.717) is 30.0 Å². The van der Waals surface area contributed by atoms with E-state index in [0.717, 1.165) is 23.7 Å². The van der Waals surface area contributed by atoms with Crippen molar-refractivity contribution in [3.63, 3.8) is 0 Å². The Morgan fingerprint density at radius 2 is 1.91 bits per heavy atom. The Morgan fingerprint density at radius 3 is 2.53 bits per heavy atom. The smallest absolute Gasteiger partial charge is 0.258 e. The second kappa shape index (κ2) is 8.78. The number of amides is 1. The summed E-state index contributed by atoms with van der Waals surface area (Å²) in [7, 11) is 0. The van der Waals surface area contributed by atoms with Gasteiger partial charge in [-0.1, -0.05) is 0 Å². The first-order chi connectivity index (χ1) is 16.1. The molecule has 1 spiro atoms. The fraction of sp³-hybridized carbons (Fsp3) is 0.560. The molecule has 0 radical (unpaired) electrons. The monoisotopic (exact) mass is 483 g/mol. The lowest BCUT2D eigenvalue weighted by atomic mass is 9.93. The fourth-order valence-electron chi connectivity index (χ4n) is 4.48. The largest absolute Gasteiger partial charge is 0.382 e. The normalized spacial score (nSPS) is 20.6. The fourth-order valence-corrected chi connectivity index (χ4v) is 5.27. The number of anilines is 2. The minimum Gasteiger partial charge on any atom is -0.382 e. The van der Waals surface area contributed by atoms with E-state index in [9.17, 15) is 9.90 Å². The third-order valence-electron chi connectivity index (χ3n) is 7.04. The van der Waals surface area contributed by atoms with Gasteiger partial charge in [-0.3, -0.25) is 4.79 Å². The third-order valence-corrected chi connectivity index (χ3v) is 8.12. The second-order valence-electron chi connectivity index (χ2n) is 10.7. The van der Waals surface area contributed by atoms with Gasteiger partial charge in [0.1, 0.15) is 11.4 Å². The molecular formula is C25H33N5O3S. The minimum absolute atomic E-state index is 0.0183. The molecule has 1 aromatic heterocycles. The molecule has 1 aromatic carbocycles. The number of nitrogens with one attached hydrogen (secondary N) is 2. The number of hydrogen-bond donors (Lipinski definition) is 3. The summed E-state index contributed by atoms with van der Waals surface area (Å²) in [5.74, 6) is 0.422. The van der Waals surface area contributed by atoms with Crippen LogP contribution >= 0.6 is 11.9 Å². The predicted molar refractivity (Wildman–Crippen MR) is 133 cm³/mol. The van der Waals surface area contributed by atoms with Gasteiger partial charge in [0.25, 0.3) is 5.91 Å². The lowest BCUT2D eigenvalue weighted by Gasteiger charge is -2.38. The van der Waals surface area contributed by atoms with Gasteiger partial charge < -0.3 is 20.1 Å². The van der Waals surface area contributed by atoms with Crippen molar-refractivity contribution in [1.29, 1.82) is 0 Å². The number of rotatable bonds is 7. The zero-order valence-corrected chi connectivity index (χ0v) is 20.9. The van der Waals surface area contributed by atoms with Crippen molar-refractivity contribution in [2.24, 2.45) is 5.41 Å². The third kappa shape index (κ3) is 5.07. The molecule has 1 amide bonds. The van der Waals surface area contributed by atoms with Crippen molar-refractivity contribution in [2.75, 3.05) is 36.5 Å². The number of benzene rings is 1. The van der Waals surface area contributed by atoms with Gasteiger partial charge in [-0.15, -0.1) is 0 Å². The van der Waals surface area contributed by atoms with Gasteiger partial charge in [0, 0.05) is 24.2 Å². The molecule has 0 atom stereocenters. The van der Waals surface area contributed by atoms with Crippen LogP contribution in [-0.4, -0.2) is 52.8 Å². The number of carbonyl (C=O) groups excluding carboxylic acids is 1. The van der Waals surface area contributed by atoms with Crippen molar-refractivity contribution >= 4 is 29.4 Å². The van der Waals surface area contributed by atoms with Crippen molar-refractivity contribution in [2.45, 2.75) is 62.5 Å². The van der Waals surface area contributed by atoms with Crippen LogP contribution in [-0.2, 0) is 10.3 Å². The zero-order chi connectivity index (χ0) is 24.0. The Morgan fingerprint density at radius 1 is 1.18 bits per heavy atom. The molecule has 1 saturated carbocycles. The first-order valence-electron chi connectivity index (χ1n) is 11.9. The van der Waals surface area contributed by atoms with Crippen LogP contribution in [0.4, 0.5) is 11.5 Å². The molecule has 0 unspecified atom stereocenters. The molecule has 5 rings (SSSR count). The summed E-state index contributed by atoms with van der Waals surface area (Å²) in [5.41, 5.74) is 0.923. The summed E-state index contributed by atoms with van der Waals surface area (Å²) in [6, 6.07) is 7.63. The molecule has 3 fully saturated rings. The SMILES string of the molecule is CC1(NSc2ccc(C(=O)Nc3ccnc(C(C)(C)O)n3)c(N3CCC4(CC3)CC4)c2)COC1. The van der Waals surface area contributed by atoms with Gasteiger partial charge in [-0.05, 0) is 88.1 Å². The number of ether oxygens (including phenoxy) is 1. The van der Waals surface area contributed by atoms with E-state index in [-0.39, 0.29) is 17.3 Å².